The van der Waals surface area contributed by atoms with Gasteiger partial charge in [0.2, 0.25) is 5.91 Å². The molecule has 9 heteroatoms. The van der Waals surface area contributed by atoms with E-state index in [1.807, 2.05) is 6.92 Å². The predicted octanol–water partition coefficient (Wildman–Crippen LogP) is -1.03. The zero-order chi connectivity index (χ0) is 17.1. The zero-order valence-corrected chi connectivity index (χ0v) is 13.9. The van der Waals surface area contributed by atoms with Crippen LogP contribution < -0.4 is 10.9 Å². The van der Waals surface area contributed by atoms with E-state index in [0.717, 1.165) is 32.8 Å². The summed E-state index contributed by atoms with van der Waals surface area (Å²) in [5.74, 6) is -0.206. The van der Waals surface area contributed by atoms with E-state index >= 15 is 0 Å². The molecule has 0 radical (unpaired) electrons. The van der Waals surface area contributed by atoms with Crippen LogP contribution in [-0.4, -0.2) is 69.0 Å². The zero-order valence-electron chi connectivity index (χ0n) is 13.9. The molecular weight excluding hydrogens is 312 g/mol. The number of aryl methyl sites for hydroxylation is 1. The Balaban J connectivity index is 1.60. The number of carbonyl (C=O) groups excluding carboxylic acids is 1. The van der Waals surface area contributed by atoms with Gasteiger partial charge < -0.3 is 10.1 Å². The van der Waals surface area contributed by atoms with Crippen molar-refractivity contribution in [2.75, 3.05) is 32.8 Å². The molecule has 0 unspecified atom stereocenters. The first-order valence-electron chi connectivity index (χ1n) is 8.01. The Morgan fingerprint density at radius 3 is 2.92 bits per heavy atom. The summed E-state index contributed by atoms with van der Waals surface area (Å²) in [6, 6.07) is 0.00128. The minimum atomic E-state index is -0.260. The van der Waals surface area contributed by atoms with E-state index in [2.05, 4.69) is 20.3 Å². The van der Waals surface area contributed by atoms with E-state index in [9.17, 15) is 9.59 Å². The number of amides is 1. The SMILES string of the molecule is C[C@H](CN1CCOCC1)NC(=O)Cn1cnc2c(cnn2C)c1=O. The van der Waals surface area contributed by atoms with Gasteiger partial charge in [-0.25, -0.2) is 4.98 Å². The highest BCUT2D eigenvalue weighted by molar-refractivity contribution is 5.77. The van der Waals surface area contributed by atoms with Gasteiger partial charge >= 0.3 is 0 Å². The molecule has 1 aliphatic heterocycles. The highest BCUT2D eigenvalue weighted by Gasteiger charge is 2.16. The largest absolute Gasteiger partial charge is 0.379 e. The van der Waals surface area contributed by atoms with Gasteiger partial charge in [0.1, 0.15) is 18.3 Å². The summed E-state index contributed by atoms with van der Waals surface area (Å²) in [6.07, 6.45) is 2.86. The maximum atomic E-state index is 12.3. The summed E-state index contributed by atoms with van der Waals surface area (Å²) in [4.78, 5) is 31.0. The smallest absolute Gasteiger partial charge is 0.264 e. The molecule has 2 aromatic heterocycles. The number of nitrogens with one attached hydrogen (secondary N) is 1. The lowest BCUT2D eigenvalue weighted by Crippen LogP contribution is -2.47. The Morgan fingerprint density at radius 2 is 2.17 bits per heavy atom. The first kappa shape index (κ1) is 16.6. The Hall–Kier alpha value is -2.26. The van der Waals surface area contributed by atoms with E-state index in [-0.39, 0.29) is 24.1 Å². The highest BCUT2D eigenvalue weighted by atomic mass is 16.5. The van der Waals surface area contributed by atoms with Crippen LogP contribution in [0.3, 0.4) is 0 Å². The van der Waals surface area contributed by atoms with Crippen molar-refractivity contribution in [3.63, 3.8) is 0 Å². The van der Waals surface area contributed by atoms with Crippen LogP contribution in [0.15, 0.2) is 17.3 Å². The molecule has 0 aliphatic carbocycles. The quantitative estimate of drug-likeness (QED) is 0.751. The van der Waals surface area contributed by atoms with Gasteiger partial charge in [-0.2, -0.15) is 5.10 Å². The van der Waals surface area contributed by atoms with Crippen LogP contribution in [0.4, 0.5) is 0 Å². The number of rotatable bonds is 5. The van der Waals surface area contributed by atoms with Gasteiger partial charge in [0.05, 0.1) is 19.4 Å². The van der Waals surface area contributed by atoms with Crippen LogP contribution in [0.25, 0.3) is 11.0 Å². The van der Waals surface area contributed by atoms with Gasteiger partial charge in [-0.15, -0.1) is 0 Å². The van der Waals surface area contributed by atoms with Gasteiger partial charge in [-0.3, -0.25) is 23.7 Å². The molecule has 0 saturated carbocycles. The standard InChI is InChI=1S/C15H22N6O3/c1-11(8-20-3-5-24-6-4-20)18-13(22)9-21-10-16-14-12(15(21)23)7-17-19(14)2/h7,10-11H,3-6,8-9H2,1-2H3,(H,18,22)/t11-/m1/s1. The monoisotopic (exact) mass is 334 g/mol. The summed E-state index contributed by atoms with van der Waals surface area (Å²) in [7, 11) is 1.72. The van der Waals surface area contributed by atoms with Crippen LogP contribution in [0.1, 0.15) is 6.92 Å². The molecule has 0 spiro atoms. The summed E-state index contributed by atoms with van der Waals surface area (Å²) >= 11 is 0. The molecule has 0 aromatic carbocycles. The van der Waals surface area contributed by atoms with Crippen LogP contribution in [0, 0.1) is 0 Å². The summed E-state index contributed by atoms with van der Waals surface area (Å²) in [5, 5.41) is 7.35. The molecule has 24 heavy (non-hydrogen) atoms. The van der Waals surface area contributed by atoms with Crippen molar-refractivity contribution >= 4 is 16.9 Å². The summed E-state index contributed by atoms with van der Waals surface area (Å²) in [6.45, 7) is 5.88. The van der Waals surface area contributed by atoms with Crippen LogP contribution in [0.2, 0.25) is 0 Å². The van der Waals surface area contributed by atoms with Gasteiger partial charge in [-0.1, -0.05) is 0 Å². The van der Waals surface area contributed by atoms with E-state index in [4.69, 9.17) is 4.74 Å². The van der Waals surface area contributed by atoms with Gasteiger partial charge in [0.25, 0.3) is 5.56 Å². The first-order valence-corrected chi connectivity index (χ1v) is 8.01. The molecule has 2 aromatic rings. The van der Waals surface area contributed by atoms with E-state index in [1.54, 1.807) is 7.05 Å². The fourth-order valence-corrected chi connectivity index (χ4v) is 2.87. The van der Waals surface area contributed by atoms with Crippen LogP contribution in [0.5, 0.6) is 0 Å². The fraction of sp³-hybridized carbons (Fsp3) is 0.600. The molecule has 1 aliphatic rings. The topological polar surface area (TPSA) is 94.3 Å². The average molecular weight is 334 g/mol. The molecule has 3 rings (SSSR count). The van der Waals surface area contributed by atoms with E-state index in [1.165, 1.54) is 21.8 Å². The number of nitrogens with zero attached hydrogens (tertiary/aromatic N) is 5. The van der Waals surface area contributed by atoms with Crippen molar-refractivity contribution in [1.29, 1.82) is 0 Å². The number of hydrogen-bond acceptors (Lipinski definition) is 6. The molecule has 1 amide bonds. The number of ether oxygens (including phenoxy) is 1. The third-order valence-electron chi connectivity index (χ3n) is 4.08. The van der Waals surface area contributed by atoms with Gasteiger partial charge in [0, 0.05) is 32.7 Å². The third kappa shape index (κ3) is 3.62. The number of aromatic nitrogens is 4. The minimum Gasteiger partial charge on any atom is -0.379 e. The second kappa shape index (κ2) is 7.10. The van der Waals surface area contributed by atoms with Crippen molar-refractivity contribution in [3.8, 4) is 0 Å². The van der Waals surface area contributed by atoms with Crippen LogP contribution >= 0.6 is 0 Å². The lowest BCUT2D eigenvalue weighted by molar-refractivity contribution is -0.122. The minimum absolute atomic E-state index is 0.00128. The Kier molecular flexibility index (Phi) is 4.91. The number of morpholine rings is 1. The summed E-state index contributed by atoms with van der Waals surface area (Å²) in [5.41, 5.74) is 0.251. The number of hydrogen-bond donors (Lipinski definition) is 1. The van der Waals surface area contributed by atoms with Crippen molar-refractivity contribution in [1.82, 2.24) is 29.5 Å². The molecule has 1 saturated heterocycles. The summed E-state index contributed by atoms with van der Waals surface area (Å²) < 4.78 is 8.15. The second-order valence-electron chi connectivity index (χ2n) is 6.06. The molecule has 1 N–H and O–H groups in total. The van der Waals surface area contributed by atoms with E-state index < -0.39 is 0 Å². The average Bonchev–Trinajstić information content (AvgIpc) is 2.93. The number of carbonyl (C=O) groups is 1. The van der Waals surface area contributed by atoms with Crippen LogP contribution in [-0.2, 0) is 23.1 Å². The van der Waals surface area contributed by atoms with Crippen molar-refractivity contribution < 1.29 is 9.53 Å². The van der Waals surface area contributed by atoms with Crippen molar-refractivity contribution in [2.24, 2.45) is 7.05 Å². The van der Waals surface area contributed by atoms with Crippen molar-refractivity contribution in [3.05, 3.63) is 22.9 Å². The fourth-order valence-electron chi connectivity index (χ4n) is 2.87. The maximum absolute atomic E-state index is 12.3. The Morgan fingerprint density at radius 1 is 1.42 bits per heavy atom. The normalized spacial score (nSPS) is 17.1. The highest BCUT2D eigenvalue weighted by Crippen LogP contribution is 2.03. The second-order valence-corrected chi connectivity index (χ2v) is 6.06. The maximum Gasteiger partial charge on any atom is 0.264 e. The molecule has 1 atom stereocenters. The Labute approximate surface area is 139 Å². The molecular formula is C15H22N6O3. The molecule has 0 bridgehead atoms. The number of fused-ring (bicyclic) bond motifs is 1. The van der Waals surface area contributed by atoms with Gasteiger partial charge in [0.15, 0.2) is 5.65 Å². The lowest BCUT2D eigenvalue weighted by atomic mass is 10.3. The van der Waals surface area contributed by atoms with E-state index in [0.29, 0.717) is 11.0 Å². The third-order valence-corrected chi connectivity index (χ3v) is 4.08. The molecule has 9 nitrogen and oxygen atoms in total. The predicted molar refractivity (Wildman–Crippen MR) is 87.6 cm³/mol. The Bertz CT molecular complexity index is 777. The van der Waals surface area contributed by atoms with Gasteiger partial charge in [-0.05, 0) is 6.92 Å². The first-order chi connectivity index (χ1) is 11.5. The van der Waals surface area contributed by atoms with Crippen molar-refractivity contribution in [2.45, 2.75) is 19.5 Å². The molecule has 130 valence electrons. The molecule has 3 heterocycles. The molecule has 1 fully saturated rings. The lowest BCUT2D eigenvalue weighted by Gasteiger charge is -2.29.